The molecule has 0 amide bonds. The maximum Gasteiger partial charge on any atom is 0.306 e. The van der Waals surface area contributed by atoms with E-state index in [1.54, 1.807) is 0 Å². The molecule has 6 heteroatoms. The van der Waals surface area contributed by atoms with Crippen molar-refractivity contribution >= 4 is 17.9 Å². The number of ether oxygens (including phenoxy) is 3. The minimum absolute atomic E-state index is 0.0630. The van der Waals surface area contributed by atoms with Gasteiger partial charge in [0.15, 0.2) is 6.10 Å². The van der Waals surface area contributed by atoms with E-state index in [9.17, 15) is 14.4 Å². The second-order valence-electron chi connectivity index (χ2n) is 20.2. The Kier molecular flexibility index (Phi) is 47.6. The minimum Gasteiger partial charge on any atom is -0.462 e. The molecule has 0 aliphatic carbocycles. The highest BCUT2D eigenvalue weighted by molar-refractivity contribution is 5.71. The first-order valence-electron chi connectivity index (χ1n) is 27.7. The highest BCUT2D eigenvalue weighted by atomic mass is 16.6. The summed E-state index contributed by atoms with van der Waals surface area (Å²) in [4.78, 5) is 38.1. The summed E-state index contributed by atoms with van der Waals surface area (Å²) in [7, 11) is 0. The average Bonchev–Trinajstić information content (AvgIpc) is 3.24. The van der Waals surface area contributed by atoms with Gasteiger partial charge in [-0.25, -0.2) is 0 Å². The van der Waals surface area contributed by atoms with Crippen LogP contribution in [0.5, 0.6) is 0 Å². The van der Waals surface area contributed by atoms with Gasteiger partial charge in [-0.05, 0) is 31.1 Å². The topological polar surface area (TPSA) is 78.9 Å². The molecule has 0 spiro atoms. The molecule has 0 unspecified atom stereocenters. The fourth-order valence-electron chi connectivity index (χ4n) is 8.52. The fourth-order valence-corrected chi connectivity index (χ4v) is 8.52. The second-order valence-corrected chi connectivity index (χ2v) is 20.2. The first kappa shape index (κ1) is 60.4. The zero-order valence-corrected chi connectivity index (χ0v) is 42.5. The van der Waals surface area contributed by atoms with Crippen molar-refractivity contribution in [1.29, 1.82) is 0 Å². The summed E-state index contributed by atoms with van der Waals surface area (Å²) in [5.74, 6) is 0.814. The Morgan fingerprint density at radius 2 is 0.532 bits per heavy atom. The van der Waals surface area contributed by atoms with Crippen molar-refractivity contribution < 1.29 is 28.6 Å². The second kappa shape index (κ2) is 48.9. The first-order valence-corrected chi connectivity index (χ1v) is 27.7. The molecule has 6 nitrogen and oxygen atoms in total. The largest absolute Gasteiger partial charge is 0.462 e. The van der Waals surface area contributed by atoms with Crippen LogP contribution in [0.25, 0.3) is 0 Å². The summed E-state index contributed by atoms with van der Waals surface area (Å²) in [5, 5.41) is 0. The molecular formula is C56H108O6. The molecule has 0 aromatic rings. The van der Waals surface area contributed by atoms with Crippen LogP contribution >= 0.6 is 0 Å². The van der Waals surface area contributed by atoms with E-state index >= 15 is 0 Å². The molecule has 368 valence electrons. The normalized spacial score (nSPS) is 12.0. The zero-order valence-electron chi connectivity index (χ0n) is 42.5. The van der Waals surface area contributed by atoms with Crippen LogP contribution in [0.15, 0.2) is 0 Å². The summed E-state index contributed by atoms with van der Waals surface area (Å²) >= 11 is 0. The quantitative estimate of drug-likeness (QED) is 0.0344. The lowest BCUT2D eigenvalue weighted by Crippen LogP contribution is -2.30. The maximum absolute atomic E-state index is 12.8. The molecule has 0 radical (unpaired) electrons. The third-order valence-electron chi connectivity index (χ3n) is 12.7. The lowest BCUT2D eigenvalue weighted by atomic mass is 10.0. The van der Waals surface area contributed by atoms with Gasteiger partial charge in [0.25, 0.3) is 0 Å². The molecule has 0 bridgehead atoms. The molecule has 0 N–H and O–H groups in total. The zero-order chi connectivity index (χ0) is 45.4. The fraction of sp³-hybridized carbons (Fsp3) is 0.946. The van der Waals surface area contributed by atoms with Crippen molar-refractivity contribution in [3.05, 3.63) is 0 Å². The van der Waals surface area contributed by atoms with E-state index in [0.29, 0.717) is 19.3 Å². The van der Waals surface area contributed by atoms with E-state index in [0.717, 1.165) is 69.6 Å². The molecular weight excluding hydrogens is 769 g/mol. The van der Waals surface area contributed by atoms with Crippen molar-refractivity contribution in [1.82, 2.24) is 0 Å². The molecule has 0 saturated heterocycles. The number of esters is 3. The van der Waals surface area contributed by atoms with E-state index in [2.05, 4.69) is 34.6 Å². The number of rotatable bonds is 50. The van der Waals surface area contributed by atoms with E-state index in [-0.39, 0.29) is 31.1 Å². The van der Waals surface area contributed by atoms with E-state index < -0.39 is 6.10 Å². The molecule has 0 aliphatic heterocycles. The third kappa shape index (κ3) is 49.4. The SMILES string of the molecule is CCCCCCCCCCCCCCCCCC(=O)OC[C@@H](COC(=O)CCCCCCCCCCCCC(C)C)OC(=O)CCCCCCCCCCCCCCCC(C)C. The van der Waals surface area contributed by atoms with Crippen molar-refractivity contribution in [2.24, 2.45) is 11.8 Å². The predicted molar refractivity (Wildman–Crippen MR) is 266 cm³/mol. The molecule has 0 aromatic carbocycles. The molecule has 0 aliphatic rings. The molecule has 1 atom stereocenters. The monoisotopic (exact) mass is 877 g/mol. The smallest absolute Gasteiger partial charge is 0.306 e. The maximum atomic E-state index is 12.8. The Bertz CT molecular complexity index is 947. The average molecular weight is 877 g/mol. The van der Waals surface area contributed by atoms with Gasteiger partial charge < -0.3 is 14.2 Å². The van der Waals surface area contributed by atoms with E-state index in [1.165, 1.54) is 199 Å². The highest BCUT2D eigenvalue weighted by Crippen LogP contribution is 2.18. The van der Waals surface area contributed by atoms with Crippen molar-refractivity contribution in [2.75, 3.05) is 13.2 Å². The van der Waals surface area contributed by atoms with E-state index in [4.69, 9.17) is 14.2 Å². The van der Waals surface area contributed by atoms with Crippen LogP contribution in [0, 0.1) is 11.8 Å². The summed E-state index contributed by atoms with van der Waals surface area (Å²) in [6.07, 6.45) is 50.9. The molecule has 0 aromatic heterocycles. The van der Waals surface area contributed by atoms with E-state index in [1.807, 2.05) is 0 Å². The number of hydrogen-bond acceptors (Lipinski definition) is 6. The number of carbonyl (C=O) groups excluding carboxylic acids is 3. The molecule has 0 rings (SSSR count). The Morgan fingerprint density at radius 3 is 0.790 bits per heavy atom. The third-order valence-corrected chi connectivity index (χ3v) is 12.7. The summed E-state index contributed by atoms with van der Waals surface area (Å²) in [6, 6.07) is 0. The van der Waals surface area contributed by atoms with Gasteiger partial charge in [-0.2, -0.15) is 0 Å². The van der Waals surface area contributed by atoms with Gasteiger partial charge in [0.2, 0.25) is 0 Å². The predicted octanol–water partition coefficient (Wildman–Crippen LogP) is 18.1. The van der Waals surface area contributed by atoms with Gasteiger partial charge >= 0.3 is 17.9 Å². The lowest BCUT2D eigenvalue weighted by Gasteiger charge is -2.18. The van der Waals surface area contributed by atoms with Crippen LogP contribution in [-0.4, -0.2) is 37.2 Å². The van der Waals surface area contributed by atoms with Gasteiger partial charge in [0.1, 0.15) is 13.2 Å². The Labute approximate surface area is 387 Å². The molecule has 0 saturated carbocycles. The van der Waals surface area contributed by atoms with Crippen molar-refractivity contribution in [3.8, 4) is 0 Å². The molecule has 62 heavy (non-hydrogen) atoms. The molecule has 0 heterocycles. The lowest BCUT2D eigenvalue weighted by molar-refractivity contribution is -0.167. The van der Waals surface area contributed by atoms with Gasteiger partial charge in [0.05, 0.1) is 0 Å². The van der Waals surface area contributed by atoms with Crippen LogP contribution in [-0.2, 0) is 28.6 Å². The number of unbranched alkanes of at least 4 members (excludes halogenated alkanes) is 35. The summed E-state index contributed by atoms with van der Waals surface area (Å²) in [5.41, 5.74) is 0. The number of carbonyl (C=O) groups is 3. The summed E-state index contributed by atoms with van der Waals surface area (Å²) in [6.45, 7) is 11.4. The van der Waals surface area contributed by atoms with Crippen molar-refractivity contribution in [2.45, 2.75) is 317 Å². The van der Waals surface area contributed by atoms with Gasteiger partial charge in [0, 0.05) is 19.3 Å². The van der Waals surface area contributed by atoms with Crippen LogP contribution in [0.3, 0.4) is 0 Å². The van der Waals surface area contributed by atoms with Crippen LogP contribution < -0.4 is 0 Å². The standard InChI is InChI=1S/C56H108O6/c1-6-7-8-9-10-11-12-13-14-17-20-26-31-36-41-46-54(57)60-49-53(50-61-55(58)47-42-37-32-27-23-22-25-30-35-40-45-52(4)5)62-56(59)48-43-38-33-28-21-18-15-16-19-24-29-34-39-44-51(2)3/h51-53H,6-50H2,1-5H3/t53-/m0/s1. The van der Waals surface area contributed by atoms with Crippen LogP contribution in [0.2, 0.25) is 0 Å². The van der Waals surface area contributed by atoms with Gasteiger partial charge in [-0.1, -0.05) is 272 Å². The van der Waals surface area contributed by atoms with Crippen LogP contribution in [0.4, 0.5) is 0 Å². The Hall–Kier alpha value is -1.59. The Balaban J connectivity index is 4.31. The summed E-state index contributed by atoms with van der Waals surface area (Å²) < 4.78 is 16.9. The Morgan fingerprint density at radius 1 is 0.306 bits per heavy atom. The minimum atomic E-state index is -0.762. The molecule has 0 fully saturated rings. The highest BCUT2D eigenvalue weighted by Gasteiger charge is 2.19. The number of hydrogen-bond donors (Lipinski definition) is 0. The van der Waals surface area contributed by atoms with Gasteiger partial charge in [-0.3, -0.25) is 14.4 Å². The van der Waals surface area contributed by atoms with Gasteiger partial charge in [-0.15, -0.1) is 0 Å². The first-order chi connectivity index (χ1) is 30.2. The van der Waals surface area contributed by atoms with Crippen LogP contribution in [0.1, 0.15) is 311 Å². The van der Waals surface area contributed by atoms with Crippen molar-refractivity contribution in [3.63, 3.8) is 0 Å².